The molecule has 0 spiro atoms. The SMILES string of the molecule is CCCCC1NC(C(C)C)N(CC2(C)CCOCC2)C1=O. The zero-order valence-corrected chi connectivity index (χ0v) is 14.2. The van der Waals surface area contributed by atoms with E-state index in [1.807, 2.05) is 0 Å². The third kappa shape index (κ3) is 3.98. The van der Waals surface area contributed by atoms with E-state index in [9.17, 15) is 4.79 Å². The minimum Gasteiger partial charge on any atom is -0.381 e. The van der Waals surface area contributed by atoms with Crippen molar-refractivity contribution in [2.24, 2.45) is 11.3 Å². The standard InChI is InChI=1S/C17H32N2O2/c1-5-6-7-14-16(20)19(15(18-14)13(2)3)12-17(4)8-10-21-11-9-17/h13-15,18H,5-12H2,1-4H3. The number of carbonyl (C=O) groups excluding carboxylic acids is 1. The summed E-state index contributed by atoms with van der Waals surface area (Å²) in [6, 6.07) is 0.0285. The predicted molar refractivity (Wildman–Crippen MR) is 84.9 cm³/mol. The lowest BCUT2D eigenvalue weighted by Crippen LogP contribution is -2.47. The van der Waals surface area contributed by atoms with Crippen molar-refractivity contribution < 1.29 is 9.53 Å². The first-order valence-electron chi connectivity index (χ1n) is 8.61. The Morgan fingerprint density at radius 2 is 2.05 bits per heavy atom. The molecule has 0 aliphatic carbocycles. The van der Waals surface area contributed by atoms with Crippen LogP contribution in [0.2, 0.25) is 0 Å². The summed E-state index contributed by atoms with van der Waals surface area (Å²) in [6.07, 6.45) is 5.54. The Morgan fingerprint density at radius 3 is 2.62 bits per heavy atom. The quantitative estimate of drug-likeness (QED) is 0.819. The number of amides is 1. The van der Waals surface area contributed by atoms with Gasteiger partial charge in [0.25, 0.3) is 0 Å². The van der Waals surface area contributed by atoms with Crippen molar-refractivity contribution in [1.82, 2.24) is 10.2 Å². The van der Waals surface area contributed by atoms with Crippen molar-refractivity contribution in [3.63, 3.8) is 0 Å². The van der Waals surface area contributed by atoms with Crippen LogP contribution in [0.25, 0.3) is 0 Å². The summed E-state index contributed by atoms with van der Waals surface area (Å²) in [5.74, 6) is 0.763. The molecule has 21 heavy (non-hydrogen) atoms. The van der Waals surface area contributed by atoms with Crippen molar-refractivity contribution in [1.29, 1.82) is 0 Å². The van der Waals surface area contributed by atoms with E-state index in [1.54, 1.807) is 0 Å². The van der Waals surface area contributed by atoms with Crippen LogP contribution in [0, 0.1) is 11.3 Å². The van der Waals surface area contributed by atoms with Crippen molar-refractivity contribution in [3.05, 3.63) is 0 Å². The van der Waals surface area contributed by atoms with Gasteiger partial charge in [-0.1, -0.05) is 40.5 Å². The zero-order valence-electron chi connectivity index (χ0n) is 14.2. The maximum atomic E-state index is 12.8. The number of hydrogen-bond donors (Lipinski definition) is 1. The molecule has 0 aromatic heterocycles. The third-order valence-corrected chi connectivity index (χ3v) is 5.02. The normalized spacial score (nSPS) is 29.4. The van der Waals surface area contributed by atoms with Crippen LogP contribution in [-0.4, -0.2) is 42.8 Å². The van der Waals surface area contributed by atoms with Gasteiger partial charge in [0.1, 0.15) is 0 Å². The van der Waals surface area contributed by atoms with Crippen LogP contribution in [0.3, 0.4) is 0 Å². The van der Waals surface area contributed by atoms with Crippen molar-refractivity contribution >= 4 is 5.91 Å². The average molecular weight is 296 g/mol. The molecule has 2 heterocycles. The number of carbonyl (C=O) groups is 1. The Bertz CT molecular complexity index is 351. The molecule has 1 N–H and O–H groups in total. The van der Waals surface area contributed by atoms with E-state index >= 15 is 0 Å². The minimum atomic E-state index is 0.0285. The van der Waals surface area contributed by atoms with E-state index in [0.717, 1.165) is 51.9 Å². The highest BCUT2D eigenvalue weighted by Gasteiger charge is 2.43. The summed E-state index contributed by atoms with van der Waals surface area (Å²) in [4.78, 5) is 14.9. The Hall–Kier alpha value is -0.610. The number of unbranched alkanes of at least 4 members (excludes halogenated alkanes) is 1. The molecule has 2 fully saturated rings. The van der Waals surface area contributed by atoms with Gasteiger partial charge in [-0.3, -0.25) is 10.1 Å². The fourth-order valence-electron chi connectivity index (χ4n) is 3.48. The molecule has 2 unspecified atom stereocenters. The molecule has 0 saturated carbocycles. The fourth-order valence-corrected chi connectivity index (χ4v) is 3.48. The summed E-state index contributed by atoms with van der Waals surface area (Å²) < 4.78 is 5.49. The van der Waals surface area contributed by atoms with Gasteiger partial charge >= 0.3 is 0 Å². The van der Waals surface area contributed by atoms with E-state index < -0.39 is 0 Å². The van der Waals surface area contributed by atoms with E-state index in [1.165, 1.54) is 0 Å². The number of nitrogens with one attached hydrogen (secondary N) is 1. The highest BCUT2D eigenvalue weighted by molar-refractivity contribution is 5.84. The highest BCUT2D eigenvalue weighted by Crippen LogP contribution is 2.33. The lowest BCUT2D eigenvalue weighted by atomic mass is 9.81. The van der Waals surface area contributed by atoms with Gasteiger partial charge in [0.2, 0.25) is 5.91 Å². The molecule has 0 radical (unpaired) electrons. The van der Waals surface area contributed by atoms with Gasteiger partial charge < -0.3 is 9.64 Å². The number of ether oxygens (including phenoxy) is 1. The molecule has 0 aromatic rings. The molecule has 1 amide bonds. The van der Waals surface area contributed by atoms with Gasteiger partial charge in [0.15, 0.2) is 0 Å². The number of rotatable bonds is 6. The van der Waals surface area contributed by atoms with Gasteiger partial charge in [-0.05, 0) is 30.6 Å². The maximum absolute atomic E-state index is 12.8. The van der Waals surface area contributed by atoms with Crippen LogP contribution in [0.15, 0.2) is 0 Å². The molecule has 2 saturated heterocycles. The molecule has 2 atom stereocenters. The van der Waals surface area contributed by atoms with Gasteiger partial charge in [-0.15, -0.1) is 0 Å². The highest BCUT2D eigenvalue weighted by atomic mass is 16.5. The van der Waals surface area contributed by atoms with Crippen molar-refractivity contribution in [2.75, 3.05) is 19.8 Å². The van der Waals surface area contributed by atoms with Crippen LogP contribution in [0.5, 0.6) is 0 Å². The van der Waals surface area contributed by atoms with Crippen molar-refractivity contribution in [2.45, 2.75) is 72.0 Å². The largest absolute Gasteiger partial charge is 0.381 e. The van der Waals surface area contributed by atoms with E-state index in [0.29, 0.717) is 11.8 Å². The second kappa shape index (κ2) is 7.10. The predicted octanol–water partition coefficient (Wildman–Crippen LogP) is 2.78. The summed E-state index contributed by atoms with van der Waals surface area (Å²) in [7, 11) is 0. The molecule has 0 bridgehead atoms. The minimum absolute atomic E-state index is 0.0285. The van der Waals surface area contributed by atoms with Crippen LogP contribution in [-0.2, 0) is 9.53 Å². The number of nitrogens with zero attached hydrogens (tertiary/aromatic N) is 1. The Labute approximate surface area is 129 Å². The average Bonchev–Trinajstić information content (AvgIpc) is 2.74. The van der Waals surface area contributed by atoms with Crippen LogP contribution < -0.4 is 5.32 Å². The van der Waals surface area contributed by atoms with E-state index in [2.05, 4.69) is 37.9 Å². The molecular formula is C17H32N2O2. The molecule has 2 aliphatic rings. The monoisotopic (exact) mass is 296 g/mol. The first-order chi connectivity index (χ1) is 9.97. The van der Waals surface area contributed by atoms with Crippen LogP contribution >= 0.6 is 0 Å². The van der Waals surface area contributed by atoms with Gasteiger partial charge in [-0.2, -0.15) is 0 Å². The molecular weight excluding hydrogens is 264 g/mol. The molecule has 4 nitrogen and oxygen atoms in total. The maximum Gasteiger partial charge on any atom is 0.241 e. The summed E-state index contributed by atoms with van der Waals surface area (Å²) in [5.41, 5.74) is 0.211. The van der Waals surface area contributed by atoms with Crippen LogP contribution in [0.1, 0.15) is 59.8 Å². The molecule has 122 valence electrons. The first-order valence-corrected chi connectivity index (χ1v) is 8.61. The topological polar surface area (TPSA) is 41.6 Å². The van der Waals surface area contributed by atoms with E-state index in [-0.39, 0.29) is 17.6 Å². The van der Waals surface area contributed by atoms with Crippen molar-refractivity contribution in [3.8, 4) is 0 Å². The van der Waals surface area contributed by atoms with Gasteiger partial charge in [0.05, 0.1) is 12.2 Å². The second-order valence-electron chi connectivity index (χ2n) is 7.44. The Kier molecular flexibility index (Phi) is 5.67. The smallest absolute Gasteiger partial charge is 0.241 e. The molecule has 0 aromatic carbocycles. The molecule has 4 heteroatoms. The lowest BCUT2D eigenvalue weighted by Gasteiger charge is -2.39. The third-order valence-electron chi connectivity index (χ3n) is 5.02. The first kappa shape index (κ1) is 16.8. The Morgan fingerprint density at radius 1 is 1.38 bits per heavy atom. The van der Waals surface area contributed by atoms with Gasteiger partial charge in [-0.25, -0.2) is 0 Å². The summed E-state index contributed by atoms with van der Waals surface area (Å²) in [6.45, 7) is 11.4. The fraction of sp³-hybridized carbons (Fsp3) is 0.941. The summed E-state index contributed by atoms with van der Waals surface area (Å²) >= 11 is 0. The van der Waals surface area contributed by atoms with Gasteiger partial charge in [0, 0.05) is 19.8 Å². The zero-order chi connectivity index (χ0) is 15.5. The van der Waals surface area contributed by atoms with E-state index in [4.69, 9.17) is 4.74 Å². The Balaban J connectivity index is 2.05. The lowest BCUT2D eigenvalue weighted by molar-refractivity contribution is -0.133. The molecule has 2 rings (SSSR count). The molecule has 2 aliphatic heterocycles. The summed E-state index contributed by atoms with van der Waals surface area (Å²) in [5, 5.41) is 3.58. The second-order valence-corrected chi connectivity index (χ2v) is 7.44. The number of hydrogen-bond acceptors (Lipinski definition) is 3. The van der Waals surface area contributed by atoms with Crippen LogP contribution in [0.4, 0.5) is 0 Å².